The molecule has 6 nitrogen and oxygen atoms in total. The summed E-state index contributed by atoms with van der Waals surface area (Å²) in [7, 11) is 0. The molecule has 0 aliphatic carbocycles. The van der Waals surface area contributed by atoms with Crippen molar-refractivity contribution in [3.05, 3.63) is 23.3 Å². The van der Waals surface area contributed by atoms with Crippen molar-refractivity contribution in [2.24, 2.45) is 10.8 Å². The van der Waals surface area contributed by atoms with Gasteiger partial charge >= 0.3 is 11.9 Å². The average molecular weight is 437 g/mol. The summed E-state index contributed by atoms with van der Waals surface area (Å²) in [6.45, 7) is 6.96. The van der Waals surface area contributed by atoms with Gasteiger partial charge in [0.05, 0.1) is 10.8 Å². The molecule has 1 rings (SSSR count). The van der Waals surface area contributed by atoms with E-state index < -0.39 is 22.8 Å². The second-order valence-corrected chi connectivity index (χ2v) is 9.91. The fourth-order valence-electron chi connectivity index (χ4n) is 3.71. The molecule has 0 unspecified atom stereocenters. The predicted molar refractivity (Wildman–Crippen MR) is 122 cm³/mol. The number of carboxylic acids is 2. The van der Waals surface area contributed by atoms with E-state index in [2.05, 4.69) is 0 Å². The Labute approximate surface area is 186 Å². The van der Waals surface area contributed by atoms with Crippen molar-refractivity contribution in [2.75, 3.05) is 0 Å². The number of phenolic OH excluding ortho intramolecular Hbond substituents is 2. The molecule has 1 aromatic rings. The molecule has 4 N–H and O–H groups in total. The molecule has 0 fully saturated rings. The van der Waals surface area contributed by atoms with Crippen molar-refractivity contribution < 1.29 is 30.0 Å². The zero-order valence-corrected chi connectivity index (χ0v) is 19.5. The predicted octanol–water partition coefficient (Wildman–Crippen LogP) is 5.92. The summed E-state index contributed by atoms with van der Waals surface area (Å²) in [6, 6.07) is 3.05. The molecule has 0 spiro atoms. The number of benzene rings is 1. The van der Waals surface area contributed by atoms with Crippen LogP contribution in [0.2, 0.25) is 0 Å². The van der Waals surface area contributed by atoms with Crippen LogP contribution in [0, 0.1) is 10.8 Å². The molecule has 0 aliphatic rings. The molecule has 0 aliphatic heterocycles. The highest BCUT2D eigenvalue weighted by molar-refractivity contribution is 5.73. The number of unbranched alkanes of at least 4 members (excludes halogenated alkanes) is 5. The molecule has 0 atom stereocenters. The summed E-state index contributed by atoms with van der Waals surface area (Å²) in [4.78, 5) is 22.4. The smallest absolute Gasteiger partial charge is 0.309 e. The minimum absolute atomic E-state index is 0.196. The third kappa shape index (κ3) is 8.80. The number of rotatable bonds is 15. The Hall–Kier alpha value is -2.24. The van der Waals surface area contributed by atoms with Crippen LogP contribution in [0.4, 0.5) is 0 Å². The second kappa shape index (κ2) is 12.0. The molecular formula is C25H40O6. The van der Waals surface area contributed by atoms with Crippen molar-refractivity contribution in [1.29, 1.82) is 0 Å². The lowest BCUT2D eigenvalue weighted by Gasteiger charge is -2.19. The Bertz CT molecular complexity index is 736. The SMILES string of the molecule is CC(C)(CCCCCCc1c(O)ccc(O)c1CCCCCC(C)(C)C(=O)O)C(=O)O. The highest BCUT2D eigenvalue weighted by Crippen LogP contribution is 2.33. The van der Waals surface area contributed by atoms with Gasteiger partial charge in [-0.3, -0.25) is 9.59 Å². The number of aliphatic carboxylic acids is 2. The highest BCUT2D eigenvalue weighted by atomic mass is 16.4. The maximum Gasteiger partial charge on any atom is 0.309 e. The number of hydrogen-bond donors (Lipinski definition) is 4. The van der Waals surface area contributed by atoms with Crippen LogP contribution in [-0.2, 0) is 22.4 Å². The van der Waals surface area contributed by atoms with Crippen LogP contribution < -0.4 is 0 Å². The van der Waals surface area contributed by atoms with Crippen LogP contribution in [-0.4, -0.2) is 32.4 Å². The van der Waals surface area contributed by atoms with Crippen molar-refractivity contribution >= 4 is 11.9 Å². The maximum absolute atomic E-state index is 11.2. The zero-order valence-electron chi connectivity index (χ0n) is 19.5. The third-order valence-electron chi connectivity index (χ3n) is 6.25. The average Bonchev–Trinajstić information content (AvgIpc) is 2.67. The molecule has 0 saturated carbocycles. The molecule has 0 heterocycles. The standard InChI is InChI=1S/C25H40O6/c1-24(2,22(28)29)16-10-6-5-8-12-18-19(21(27)15-14-20(18)26)13-9-7-11-17-25(3,4)23(30)31/h14-15,26-27H,5-13,16-17H2,1-4H3,(H,28,29)(H,30,31). The summed E-state index contributed by atoms with van der Waals surface area (Å²) in [5.41, 5.74) is 0.148. The summed E-state index contributed by atoms with van der Waals surface area (Å²) in [5.74, 6) is -1.16. The number of carboxylic acid groups (broad SMARTS) is 2. The largest absolute Gasteiger partial charge is 0.508 e. The Morgan fingerprint density at radius 3 is 1.32 bits per heavy atom. The molecule has 176 valence electrons. The van der Waals surface area contributed by atoms with Gasteiger partial charge in [0.2, 0.25) is 0 Å². The molecule has 0 amide bonds. The Balaban J connectivity index is 2.50. The molecule has 0 radical (unpaired) electrons. The van der Waals surface area contributed by atoms with Crippen molar-refractivity contribution in [1.82, 2.24) is 0 Å². The van der Waals surface area contributed by atoms with Gasteiger partial charge in [0.1, 0.15) is 11.5 Å². The van der Waals surface area contributed by atoms with Crippen LogP contribution in [0.25, 0.3) is 0 Å². The Morgan fingerprint density at radius 1 is 0.645 bits per heavy atom. The van der Waals surface area contributed by atoms with E-state index in [0.717, 1.165) is 56.1 Å². The first-order valence-electron chi connectivity index (χ1n) is 11.4. The zero-order chi connectivity index (χ0) is 23.7. The first-order chi connectivity index (χ1) is 14.4. The molecule has 6 heteroatoms. The van der Waals surface area contributed by atoms with Crippen molar-refractivity contribution in [2.45, 2.75) is 98.3 Å². The van der Waals surface area contributed by atoms with Crippen molar-refractivity contribution in [3.8, 4) is 11.5 Å². The van der Waals surface area contributed by atoms with E-state index >= 15 is 0 Å². The van der Waals surface area contributed by atoms with E-state index in [-0.39, 0.29) is 11.5 Å². The lowest BCUT2D eigenvalue weighted by molar-refractivity contribution is -0.148. The molecule has 0 saturated heterocycles. The molecule has 0 aromatic heterocycles. The molecular weight excluding hydrogens is 396 g/mol. The van der Waals surface area contributed by atoms with Crippen LogP contribution >= 0.6 is 0 Å². The fourth-order valence-corrected chi connectivity index (χ4v) is 3.71. The van der Waals surface area contributed by atoms with Gasteiger partial charge in [0.25, 0.3) is 0 Å². The van der Waals surface area contributed by atoms with Gasteiger partial charge in [0.15, 0.2) is 0 Å². The van der Waals surface area contributed by atoms with Crippen LogP contribution in [0.5, 0.6) is 11.5 Å². The topological polar surface area (TPSA) is 115 Å². The summed E-state index contributed by atoms with van der Waals surface area (Å²) < 4.78 is 0. The Morgan fingerprint density at radius 2 is 0.968 bits per heavy atom. The van der Waals surface area contributed by atoms with Gasteiger partial charge in [-0.15, -0.1) is 0 Å². The molecule has 1 aromatic carbocycles. The molecule has 31 heavy (non-hydrogen) atoms. The summed E-state index contributed by atoms with van der Waals surface area (Å²) in [6.07, 6.45) is 8.66. The van der Waals surface area contributed by atoms with Crippen LogP contribution in [0.1, 0.15) is 96.6 Å². The monoisotopic (exact) mass is 436 g/mol. The van der Waals surface area contributed by atoms with E-state index in [1.165, 1.54) is 12.1 Å². The minimum Gasteiger partial charge on any atom is -0.508 e. The lowest BCUT2D eigenvalue weighted by atomic mass is 9.86. The second-order valence-electron chi connectivity index (χ2n) is 9.91. The minimum atomic E-state index is -0.785. The molecule has 0 bridgehead atoms. The highest BCUT2D eigenvalue weighted by Gasteiger charge is 2.26. The number of phenols is 2. The third-order valence-corrected chi connectivity index (χ3v) is 6.25. The van der Waals surface area contributed by atoms with Crippen molar-refractivity contribution in [3.63, 3.8) is 0 Å². The summed E-state index contributed by atoms with van der Waals surface area (Å²) in [5, 5.41) is 39.0. The fraction of sp³-hybridized carbons (Fsp3) is 0.680. The van der Waals surface area contributed by atoms with Crippen LogP contribution in [0.15, 0.2) is 12.1 Å². The van der Waals surface area contributed by atoms with Gasteiger partial charge in [-0.05, 0) is 78.4 Å². The first kappa shape index (κ1) is 26.8. The lowest BCUT2D eigenvalue weighted by Crippen LogP contribution is -2.23. The number of carbonyl (C=O) groups is 2. The van der Waals surface area contributed by atoms with E-state index in [1.807, 2.05) is 0 Å². The van der Waals surface area contributed by atoms with Crippen LogP contribution in [0.3, 0.4) is 0 Å². The maximum atomic E-state index is 11.2. The van der Waals surface area contributed by atoms with Gasteiger partial charge in [0, 0.05) is 11.1 Å². The Kier molecular flexibility index (Phi) is 10.3. The van der Waals surface area contributed by atoms with E-state index in [0.29, 0.717) is 25.7 Å². The van der Waals surface area contributed by atoms with Gasteiger partial charge in [-0.2, -0.15) is 0 Å². The van der Waals surface area contributed by atoms with E-state index in [9.17, 15) is 30.0 Å². The normalized spacial score (nSPS) is 12.1. The van der Waals surface area contributed by atoms with E-state index in [4.69, 9.17) is 0 Å². The van der Waals surface area contributed by atoms with E-state index in [1.54, 1.807) is 27.7 Å². The van der Waals surface area contributed by atoms with Gasteiger partial charge < -0.3 is 20.4 Å². The van der Waals surface area contributed by atoms with Gasteiger partial charge in [-0.1, -0.05) is 32.1 Å². The quantitative estimate of drug-likeness (QED) is 0.200. The first-order valence-corrected chi connectivity index (χ1v) is 11.4. The van der Waals surface area contributed by atoms with Gasteiger partial charge in [-0.25, -0.2) is 0 Å². The number of aromatic hydroxyl groups is 2. The number of hydrogen-bond acceptors (Lipinski definition) is 4. The summed E-state index contributed by atoms with van der Waals surface area (Å²) >= 11 is 0.